The van der Waals surface area contributed by atoms with Crippen LogP contribution in [0.15, 0.2) is 40.8 Å². The number of aryl methyl sites for hydroxylation is 2. The Morgan fingerprint density at radius 1 is 1.33 bits per heavy atom. The first-order chi connectivity index (χ1) is 11.6. The first-order valence-electron chi connectivity index (χ1n) is 7.50. The maximum atomic E-state index is 11.9. The molecule has 0 saturated heterocycles. The molecule has 0 unspecified atom stereocenters. The van der Waals surface area contributed by atoms with E-state index in [2.05, 4.69) is 14.9 Å². The molecule has 1 aromatic carbocycles. The van der Waals surface area contributed by atoms with Gasteiger partial charge in [-0.25, -0.2) is 4.98 Å². The highest BCUT2D eigenvalue weighted by atomic mass is 16.6. The number of amides is 1. The number of nitrogens with zero attached hydrogens (tertiary/aromatic N) is 3. The third-order valence-corrected chi connectivity index (χ3v) is 3.69. The summed E-state index contributed by atoms with van der Waals surface area (Å²) in [7, 11) is 0. The van der Waals surface area contributed by atoms with Crippen molar-refractivity contribution < 1.29 is 14.1 Å². The molecule has 0 aliphatic carbocycles. The third kappa shape index (κ3) is 3.12. The van der Waals surface area contributed by atoms with Gasteiger partial charge in [0.25, 0.3) is 5.91 Å². The average Bonchev–Trinajstić information content (AvgIpc) is 3.16. The Bertz CT molecular complexity index is 897. The standard InChI is InChI=1S/C16H16N4O4/c1-11-18-12-5-2-3-6-13(12)19(11)10-4-9-17-16(21)14-7-8-15(24-14)20(22)23/h2-3,5-8H,4,9-10H2,1H3,(H,17,21). The zero-order valence-electron chi connectivity index (χ0n) is 13.1. The molecule has 0 saturated carbocycles. The number of para-hydroxylation sites is 2. The largest absolute Gasteiger partial charge is 0.433 e. The highest BCUT2D eigenvalue weighted by molar-refractivity contribution is 5.91. The van der Waals surface area contributed by atoms with Gasteiger partial charge < -0.3 is 14.3 Å². The van der Waals surface area contributed by atoms with Gasteiger partial charge in [-0.1, -0.05) is 12.1 Å². The molecule has 0 bridgehead atoms. The number of nitrogens with one attached hydrogen (secondary N) is 1. The third-order valence-electron chi connectivity index (χ3n) is 3.69. The Morgan fingerprint density at radius 3 is 2.88 bits per heavy atom. The summed E-state index contributed by atoms with van der Waals surface area (Å²) in [5.74, 6) is -0.0499. The summed E-state index contributed by atoms with van der Waals surface area (Å²) in [6.45, 7) is 3.09. The van der Waals surface area contributed by atoms with Gasteiger partial charge in [-0.05, 0) is 31.5 Å². The van der Waals surface area contributed by atoms with Gasteiger partial charge in [-0.15, -0.1) is 0 Å². The molecule has 8 heteroatoms. The molecular weight excluding hydrogens is 312 g/mol. The van der Waals surface area contributed by atoms with E-state index in [9.17, 15) is 14.9 Å². The van der Waals surface area contributed by atoms with Crippen LogP contribution in [0.4, 0.5) is 5.88 Å². The highest BCUT2D eigenvalue weighted by Crippen LogP contribution is 2.16. The number of aromatic nitrogens is 2. The number of rotatable bonds is 6. The molecule has 3 aromatic rings. The second-order valence-electron chi connectivity index (χ2n) is 5.30. The molecule has 24 heavy (non-hydrogen) atoms. The van der Waals surface area contributed by atoms with Gasteiger partial charge in [0.05, 0.1) is 17.1 Å². The molecular formula is C16H16N4O4. The Morgan fingerprint density at radius 2 is 2.12 bits per heavy atom. The first-order valence-corrected chi connectivity index (χ1v) is 7.50. The van der Waals surface area contributed by atoms with E-state index >= 15 is 0 Å². The van der Waals surface area contributed by atoms with Crippen molar-refractivity contribution in [1.82, 2.24) is 14.9 Å². The van der Waals surface area contributed by atoms with E-state index in [1.807, 2.05) is 31.2 Å². The van der Waals surface area contributed by atoms with Gasteiger partial charge in [0.1, 0.15) is 10.7 Å². The van der Waals surface area contributed by atoms with Crippen molar-refractivity contribution >= 4 is 22.8 Å². The molecule has 8 nitrogen and oxygen atoms in total. The minimum Gasteiger partial charge on any atom is -0.395 e. The fraction of sp³-hybridized carbons (Fsp3) is 0.250. The second kappa shape index (κ2) is 6.53. The Balaban J connectivity index is 1.55. The number of imidazole rings is 1. The molecule has 0 fully saturated rings. The van der Waals surface area contributed by atoms with Gasteiger partial charge in [-0.2, -0.15) is 0 Å². The molecule has 0 spiro atoms. The van der Waals surface area contributed by atoms with Crippen LogP contribution < -0.4 is 5.32 Å². The lowest BCUT2D eigenvalue weighted by Gasteiger charge is -2.07. The predicted molar refractivity (Wildman–Crippen MR) is 86.8 cm³/mol. The van der Waals surface area contributed by atoms with E-state index in [4.69, 9.17) is 4.42 Å². The Labute approximate surface area is 137 Å². The molecule has 2 heterocycles. The maximum absolute atomic E-state index is 11.9. The van der Waals surface area contributed by atoms with E-state index < -0.39 is 16.7 Å². The summed E-state index contributed by atoms with van der Waals surface area (Å²) in [4.78, 5) is 26.2. The topological polar surface area (TPSA) is 103 Å². The summed E-state index contributed by atoms with van der Waals surface area (Å²) in [6, 6.07) is 10.3. The smallest absolute Gasteiger partial charge is 0.395 e. The molecule has 0 aliphatic rings. The quantitative estimate of drug-likeness (QED) is 0.425. The lowest BCUT2D eigenvalue weighted by molar-refractivity contribution is -0.402. The molecule has 3 rings (SSSR count). The van der Waals surface area contributed by atoms with Crippen LogP contribution in [0, 0.1) is 17.0 Å². The van der Waals surface area contributed by atoms with Crippen LogP contribution >= 0.6 is 0 Å². The predicted octanol–water partition coefficient (Wildman–Crippen LogP) is 2.67. The number of hydrogen-bond acceptors (Lipinski definition) is 5. The van der Waals surface area contributed by atoms with E-state index in [1.165, 1.54) is 6.07 Å². The van der Waals surface area contributed by atoms with E-state index in [1.54, 1.807) is 0 Å². The van der Waals surface area contributed by atoms with Crippen molar-refractivity contribution in [2.24, 2.45) is 0 Å². The number of carbonyl (C=O) groups excluding carboxylic acids is 1. The van der Waals surface area contributed by atoms with Gasteiger partial charge in [0.15, 0.2) is 5.76 Å². The summed E-state index contributed by atoms with van der Waals surface area (Å²) < 4.78 is 6.96. The highest BCUT2D eigenvalue weighted by Gasteiger charge is 2.16. The molecule has 0 radical (unpaired) electrons. The minimum absolute atomic E-state index is 0.0639. The summed E-state index contributed by atoms with van der Waals surface area (Å²) in [5.41, 5.74) is 2.00. The molecule has 1 amide bonds. The molecule has 0 aliphatic heterocycles. The fourth-order valence-corrected chi connectivity index (χ4v) is 2.55. The van der Waals surface area contributed by atoms with Crippen molar-refractivity contribution in [2.45, 2.75) is 19.9 Å². The number of benzene rings is 1. The lowest BCUT2D eigenvalue weighted by atomic mass is 10.3. The van der Waals surface area contributed by atoms with Gasteiger partial charge in [-0.3, -0.25) is 14.9 Å². The van der Waals surface area contributed by atoms with Crippen LogP contribution in [0.5, 0.6) is 0 Å². The van der Waals surface area contributed by atoms with Crippen molar-refractivity contribution in [2.75, 3.05) is 6.54 Å². The Hall–Kier alpha value is -3.16. The lowest BCUT2D eigenvalue weighted by Crippen LogP contribution is -2.24. The zero-order valence-corrected chi connectivity index (χ0v) is 13.1. The van der Waals surface area contributed by atoms with Crippen LogP contribution in [0.25, 0.3) is 11.0 Å². The first kappa shape index (κ1) is 15.7. The van der Waals surface area contributed by atoms with Crippen LogP contribution in [-0.2, 0) is 6.54 Å². The van der Waals surface area contributed by atoms with Crippen molar-refractivity contribution in [3.8, 4) is 0 Å². The van der Waals surface area contributed by atoms with Crippen LogP contribution in [0.3, 0.4) is 0 Å². The number of nitro groups is 1. The molecule has 124 valence electrons. The van der Waals surface area contributed by atoms with Crippen LogP contribution in [0.2, 0.25) is 0 Å². The fourth-order valence-electron chi connectivity index (χ4n) is 2.55. The van der Waals surface area contributed by atoms with E-state index in [0.717, 1.165) is 22.9 Å². The van der Waals surface area contributed by atoms with Crippen LogP contribution in [-0.4, -0.2) is 26.9 Å². The molecule has 0 atom stereocenters. The number of furan rings is 1. The van der Waals surface area contributed by atoms with Crippen molar-refractivity contribution in [3.05, 3.63) is 58.1 Å². The van der Waals surface area contributed by atoms with Crippen molar-refractivity contribution in [1.29, 1.82) is 0 Å². The SMILES string of the molecule is Cc1nc2ccccc2n1CCCNC(=O)c1ccc([N+](=O)[O-])o1. The number of fused-ring (bicyclic) bond motifs is 1. The number of hydrogen-bond donors (Lipinski definition) is 1. The maximum Gasteiger partial charge on any atom is 0.433 e. The second-order valence-corrected chi connectivity index (χ2v) is 5.30. The monoisotopic (exact) mass is 328 g/mol. The molecule has 1 N–H and O–H groups in total. The summed E-state index contributed by atoms with van der Waals surface area (Å²) >= 11 is 0. The van der Waals surface area contributed by atoms with Crippen molar-refractivity contribution in [3.63, 3.8) is 0 Å². The summed E-state index contributed by atoms with van der Waals surface area (Å²) in [6.07, 6.45) is 0.704. The minimum atomic E-state index is -0.677. The normalized spacial score (nSPS) is 10.9. The van der Waals surface area contributed by atoms with Gasteiger partial charge in [0, 0.05) is 13.1 Å². The van der Waals surface area contributed by atoms with E-state index in [0.29, 0.717) is 19.5 Å². The van der Waals surface area contributed by atoms with Crippen LogP contribution in [0.1, 0.15) is 22.8 Å². The van der Waals surface area contributed by atoms with E-state index in [-0.39, 0.29) is 5.76 Å². The van der Waals surface area contributed by atoms with Gasteiger partial charge in [0.2, 0.25) is 0 Å². The Kier molecular flexibility index (Phi) is 4.28. The summed E-state index contributed by atoms with van der Waals surface area (Å²) in [5, 5.41) is 13.2. The van der Waals surface area contributed by atoms with Gasteiger partial charge >= 0.3 is 5.88 Å². The average molecular weight is 328 g/mol. The number of carbonyl (C=O) groups is 1. The molecule has 2 aromatic heterocycles. The zero-order chi connectivity index (χ0) is 17.1.